The maximum atomic E-state index is 15.1. The summed E-state index contributed by atoms with van der Waals surface area (Å²) in [7, 11) is -3.61. The second-order valence-corrected chi connectivity index (χ2v) is 16.0. The maximum Gasteiger partial charge on any atom is 0.145 e. The van der Waals surface area contributed by atoms with E-state index >= 15 is 4.21 Å². The standard InChI is InChI=1S/C35H40O5S/c1-27-32(37-24-28-16-8-4-9-17-28)33(38-25-29-18-10-5-11-19-29)34(39-26-30-20-12-6-13-21-30)35(40-27)41(2,3,36)31-22-14-7-15-23-31/h4-23,27,32-35H,24-26H2,1-3H3. The van der Waals surface area contributed by atoms with Gasteiger partial charge in [0.1, 0.15) is 23.7 Å². The van der Waals surface area contributed by atoms with Gasteiger partial charge < -0.3 is 18.9 Å². The molecule has 41 heavy (non-hydrogen) atoms. The molecule has 5 unspecified atom stereocenters. The minimum absolute atomic E-state index is 0.327. The van der Waals surface area contributed by atoms with Crippen molar-refractivity contribution < 1.29 is 23.2 Å². The summed E-state index contributed by atoms with van der Waals surface area (Å²) in [4.78, 5) is 0.737. The fraction of sp³-hybridized carbons (Fsp3) is 0.314. The van der Waals surface area contributed by atoms with Crippen molar-refractivity contribution in [1.82, 2.24) is 0 Å². The van der Waals surface area contributed by atoms with Gasteiger partial charge in [-0.1, -0.05) is 109 Å². The van der Waals surface area contributed by atoms with Gasteiger partial charge in [0.25, 0.3) is 0 Å². The van der Waals surface area contributed by atoms with Gasteiger partial charge >= 0.3 is 0 Å². The molecule has 1 heterocycles. The summed E-state index contributed by atoms with van der Waals surface area (Å²) in [6.45, 7) is 3.07. The van der Waals surface area contributed by atoms with Gasteiger partial charge in [0.15, 0.2) is 0 Å². The summed E-state index contributed by atoms with van der Waals surface area (Å²) >= 11 is 0. The molecular formula is C35H40O5S. The van der Waals surface area contributed by atoms with E-state index in [1.165, 1.54) is 0 Å². The van der Waals surface area contributed by atoms with Crippen LogP contribution in [0.25, 0.3) is 0 Å². The van der Waals surface area contributed by atoms with Crippen LogP contribution >= 0.6 is 0 Å². The van der Waals surface area contributed by atoms with Gasteiger partial charge in [0, 0.05) is 4.90 Å². The molecule has 1 aliphatic rings. The predicted octanol–water partition coefficient (Wildman–Crippen LogP) is 6.63. The van der Waals surface area contributed by atoms with Crippen LogP contribution in [0.3, 0.4) is 0 Å². The monoisotopic (exact) mass is 572 g/mol. The first-order chi connectivity index (χ1) is 19.8. The molecule has 0 bridgehead atoms. The van der Waals surface area contributed by atoms with Crippen molar-refractivity contribution in [3.63, 3.8) is 0 Å². The van der Waals surface area contributed by atoms with Crippen LogP contribution in [-0.2, 0) is 47.8 Å². The van der Waals surface area contributed by atoms with Crippen LogP contribution in [0.15, 0.2) is 126 Å². The summed E-state index contributed by atoms with van der Waals surface area (Å²) in [5.74, 6) is 0. The summed E-state index contributed by atoms with van der Waals surface area (Å²) in [6.07, 6.45) is 1.57. The lowest BCUT2D eigenvalue weighted by atomic mass is 9.99. The first kappa shape index (κ1) is 29.4. The van der Waals surface area contributed by atoms with Crippen molar-refractivity contribution in [1.29, 1.82) is 0 Å². The smallest absolute Gasteiger partial charge is 0.145 e. The topological polar surface area (TPSA) is 54.0 Å². The fourth-order valence-corrected chi connectivity index (χ4v) is 8.13. The van der Waals surface area contributed by atoms with Gasteiger partial charge in [-0.15, -0.1) is 0 Å². The van der Waals surface area contributed by atoms with E-state index in [1.807, 2.05) is 141 Å². The summed E-state index contributed by atoms with van der Waals surface area (Å²) < 4.78 is 41.7. The number of hydrogen-bond donors (Lipinski definition) is 0. The molecule has 0 radical (unpaired) electrons. The summed E-state index contributed by atoms with van der Waals surface area (Å²) in [5.41, 5.74) is 2.36. The number of rotatable bonds is 11. The molecule has 1 saturated heterocycles. The quantitative estimate of drug-likeness (QED) is 0.202. The van der Waals surface area contributed by atoms with Gasteiger partial charge in [-0.05, 0) is 57.3 Å². The van der Waals surface area contributed by atoms with E-state index in [2.05, 4.69) is 0 Å². The Morgan fingerprint density at radius 3 is 1.37 bits per heavy atom. The molecule has 1 fully saturated rings. The van der Waals surface area contributed by atoms with Crippen LogP contribution in [0, 0.1) is 0 Å². The van der Waals surface area contributed by atoms with Crippen LogP contribution in [0.1, 0.15) is 23.6 Å². The lowest BCUT2D eigenvalue weighted by molar-refractivity contribution is -0.244. The third-order valence-electron chi connectivity index (χ3n) is 7.71. The molecule has 0 saturated carbocycles. The van der Waals surface area contributed by atoms with Crippen LogP contribution in [0.5, 0.6) is 0 Å². The fourth-order valence-electron chi connectivity index (χ4n) is 5.38. The zero-order chi connectivity index (χ0) is 28.7. The molecule has 0 aromatic heterocycles. The molecule has 5 nitrogen and oxygen atoms in total. The second-order valence-electron chi connectivity index (χ2n) is 11.2. The van der Waals surface area contributed by atoms with Gasteiger partial charge in [-0.2, -0.15) is 0 Å². The van der Waals surface area contributed by atoms with Crippen LogP contribution < -0.4 is 0 Å². The van der Waals surface area contributed by atoms with Gasteiger partial charge in [-0.3, -0.25) is 4.21 Å². The maximum absolute atomic E-state index is 15.1. The van der Waals surface area contributed by atoms with E-state index in [1.54, 1.807) is 0 Å². The number of benzene rings is 4. The molecule has 6 heteroatoms. The molecule has 216 valence electrons. The van der Waals surface area contributed by atoms with Crippen molar-refractivity contribution in [2.75, 3.05) is 12.5 Å². The van der Waals surface area contributed by atoms with E-state index in [4.69, 9.17) is 18.9 Å². The molecule has 0 N–H and O–H groups in total. The highest BCUT2D eigenvalue weighted by molar-refractivity contribution is 8.19. The van der Waals surface area contributed by atoms with Gasteiger partial charge in [-0.25, -0.2) is 0 Å². The van der Waals surface area contributed by atoms with E-state index < -0.39 is 38.9 Å². The van der Waals surface area contributed by atoms with Crippen molar-refractivity contribution in [3.05, 3.63) is 138 Å². The first-order valence-electron chi connectivity index (χ1n) is 14.1. The minimum Gasteiger partial charge on any atom is -0.368 e. The van der Waals surface area contributed by atoms with Crippen LogP contribution in [0.2, 0.25) is 0 Å². The lowest BCUT2D eigenvalue weighted by Gasteiger charge is -2.53. The van der Waals surface area contributed by atoms with E-state index in [0.717, 1.165) is 21.6 Å². The molecule has 0 amide bonds. The van der Waals surface area contributed by atoms with Crippen molar-refractivity contribution in [2.45, 2.75) is 61.5 Å². The van der Waals surface area contributed by atoms with Crippen molar-refractivity contribution >= 4 is 9.07 Å². The molecule has 5 atom stereocenters. The van der Waals surface area contributed by atoms with Gasteiger partial charge in [0.2, 0.25) is 0 Å². The average Bonchev–Trinajstić information content (AvgIpc) is 3.00. The molecular weight excluding hydrogens is 532 g/mol. The lowest BCUT2D eigenvalue weighted by Crippen LogP contribution is -2.65. The Hall–Kier alpha value is -3.13. The van der Waals surface area contributed by atoms with Crippen LogP contribution in [-0.4, -0.2) is 46.6 Å². The Bertz CT molecular complexity index is 1420. The highest BCUT2D eigenvalue weighted by atomic mass is 32.3. The van der Waals surface area contributed by atoms with E-state index in [0.29, 0.717) is 19.8 Å². The van der Waals surface area contributed by atoms with Crippen molar-refractivity contribution in [2.24, 2.45) is 0 Å². The average molecular weight is 573 g/mol. The Morgan fingerprint density at radius 2 is 0.927 bits per heavy atom. The highest BCUT2D eigenvalue weighted by Crippen LogP contribution is 2.43. The normalized spacial score (nSPS) is 23.9. The minimum atomic E-state index is -3.61. The molecule has 0 spiro atoms. The van der Waals surface area contributed by atoms with E-state index in [-0.39, 0.29) is 0 Å². The van der Waals surface area contributed by atoms with E-state index in [9.17, 15) is 0 Å². The Labute approximate surface area is 243 Å². The Kier molecular flexibility index (Phi) is 9.17. The Morgan fingerprint density at radius 1 is 0.561 bits per heavy atom. The molecule has 0 aliphatic carbocycles. The highest BCUT2D eigenvalue weighted by Gasteiger charge is 2.55. The zero-order valence-corrected chi connectivity index (χ0v) is 24.8. The molecule has 4 aromatic carbocycles. The summed E-state index contributed by atoms with van der Waals surface area (Å²) in [5, 5.41) is 0. The molecule has 5 rings (SSSR count). The van der Waals surface area contributed by atoms with Crippen molar-refractivity contribution in [3.8, 4) is 0 Å². The predicted molar refractivity (Wildman–Crippen MR) is 164 cm³/mol. The molecule has 4 aromatic rings. The molecule has 1 aliphatic heterocycles. The SMILES string of the molecule is CC1OC(S(C)(C)(=O)c2ccccc2)C(OCc2ccccc2)C(OCc2ccccc2)C1OCc1ccccc1. The van der Waals surface area contributed by atoms with Gasteiger partial charge in [0.05, 0.1) is 25.9 Å². The Balaban J connectivity index is 1.52. The zero-order valence-electron chi connectivity index (χ0n) is 24.0. The number of hydrogen-bond acceptors (Lipinski definition) is 5. The van der Waals surface area contributed by atoms with Crippen LogP contribution in [0.4, 0.5) is 0 Å². The largest absolute Gasteiger partial charge is 0.368 e. The summed E-state index contributed by atoms with van der Waals surface area (Å²) in [6, 6.07) is 39.7. The first-order valence-corrected chi connectivity index (χ1v) is 16.9. The second kappa shape index (κ2) is 12.8. The third kappa shape index (κ3) is 7.03. The number of ether oxygens (including phenoxy) is 4. The third-order valence-corrected chi connectivity index (χ3v) is 11.1.